The Balaban J connectivity index is 1.16. The second kappa shape index (κ2) is 8.19. The molecule has 0 aliphatic rings. The van der Waals surface area contributed by atoms with Crippen LogP contribution < -0.4 is 21.3 Å². The Kier molecular flexibility index (Phi) is 4.93. The maximum Gasteiger partial charge on any atom is 0.323 e. The highest BCUT2D eigenvalue weighted by atomic mass is 16.2. The summed E-state index contributed by atoms with van der Waals surface area (Å²) in [7, 11) is 0. The van der Waals surface area contributed by atoms with Gasteiger partial charge in [0.2, 0.25) is 0 Å². The lowest BCUT2D eigenvalue weighted by Crippen LogP contribution is -2.20. The molecule has 0 atom stereocenters. The van der Waals surface area contributed by atoms with Crippen molar-refractivity contribution in [3.05, 3.63) is 85.2 Å². The van der Waals surface area contributed by atoms with Crippen LogP contribution in [0.15, 0.2) is 85.2 Å². The summed E-state index contributed by atoms with van der Waals surface area (Å²) in [5.74, 6) is 0. The summed E-state index contributed by atoms with van der Waals surface area (Å²) in [5, 5.41) is 13.2. The van der Waals surface area contributed by atoms with Gasteiger partial charge < -0.3 is 31.2 Å². The summed E-state index contributed by atoms with van der Waals surface area (Å²) < 4.78 is 0. The van der Waals surface area contributed by atoms with Gasteiger partial charge in [-0.3, -0.25) is 0 Å². The first-order chi connectivity index (χ1) is 15.6. The van der Waals surface area contributed by atoms with Crippen LogP contribution in [0.3, 0.4) is 0 Å². The Morgan fingerprint density at radius 1 is 0.500 bits per heavy atom. The van der Waals surface area contributed by atoms with Crippen LogP contribution in [0.4, 0.5) is 32.3 Å². The number of H-pyrrole nitrogens is 2. The highest BCUT2D eigenvalue weighted by Crippen LogP contribution is 2.20. The first-order valence-corrected chi connectivity index (χ1v) is 10.0. The topological polar surface area (TPSA) is 114 Å². The fraction of sp³-hybridized carbons (Fsp3) is 0. The van der Waals surface area contributed by atoms with E-state index in [1.54, 1.807) is 24.3 Å². The Labute approximate surface area is 183 Å². The van der Waals surface area contributed by atoms with Crippen molar-refractivity contribution in [1.29, 1.82) is 0 Å². The van der Waals surface area contributed by atoms with Crippen LogP contribution in [-0.4, -0.2) is 22.0 Å². The molecule has 8 heteroatoms. The molecular formula is C24H20N6O2. The molecule has 158 valence electrons. The van der Waals surface area contributed by atoms with Gasteiger partial charge in [-0.05, 0) is 72.8 Å². The predicted octanol–water partition coefficient (Wildman–Crippen LogP) is 5.94. The number of aromatic nitrogens is 2. The number of rotatable bonds is 4. The van der Waals surface area contributed by atoms with Crippen molar-refractivity contribution in [3.8, 4) is 0 Å². The average Bonchev–Trinajstić information content (AvgIpc) is 3.43. The van der Waals surface area contributed by atoms with Crippen molar-refractivity contribution >= 4 is 56.6 Å². The van der Waals surface area contributed by atoms with Gasteiger partial charge in [-0.2, -0.15) is 0 Å². The normalized spacial score (nSPS) is 10.8. The van der Waals surface area contributed by atoms with E-state index in [0.29, 0.717) is 22.7 Å². The number of benzene rings is 3. The van der Waals surface area contributed by atoms with E-state index in [-0.39, 0.29) is 12.1 Å². The van der Waals surface area contributed by atoms with Gasteiger partial charge in [0.15, 0.2) is 0 Å². The second-order valence-electron chi connectivity index (χ2n) is 7.29. The van der Waals surface area contributed by atoms with E-state index < -0.39 is 0 Å². The van der Waals surface area contributed by atoms with E-state index in [1.807, 2.05) is 60.9 Å². The number of hydrogen-bond donors (Lipinski definition) is 6. The van der Waals surface area contributed by atoms with Gasteiger partial charge in [-0.1, -0.05) is 0 Å². The third-order valence-electron chi connectivity index (χ3n) is 5.02. The fourth-order valence-electron chi connectivity index (χ4n) is 3.49. The molecule has 0 aliphatic carbocycles. The van der Waals surface area contributed by atoms with Crippen molar-refractivity contribution in [2.75, 3.05) is 21.3 Å². The molecule has 4 amide bonds. The molecule has 0 radical (unpaired) electrons. The quantitative estimate of drug-likeness (QED) is 0.214. The van der Waals surface area contributed by atoms with Gasteiger partial charge in [-0.15, -0.1) is 0 Å². The molecule has 2 heterocycles. The highest BCUT2D eigenvalue weighted by Gasteiger charge is 2.06. The molecule has 6 N–H and O–H groups in total. The summed E-state index contributed by atoms with van der Waals surface area (Å²) in [6, 6.07) is 21.3. The monoisotopic (exact) mass is 424 g/mol. The summed E-state index contributed by atoms with van der Waals surface area (Å²) in [6.07, 6.45) is 3.70. The third kappa shape index (κ3) is 4.24. The van der Waals surface area contributed by atoms with Crippen LogP contribution in [0.2, 0.25) is 0 Å². The molecule has 0 aliphatic heterocycles. The van der Waals surface area contributed by atoms with E-state index in [2.05, 4.69) is 31.2 Å². The van der Waals surface area contributed by atoms with Crippen LogP contribution in [0.5, 0.6) is 0 Å². The molecular weight excluding hydrogens is 404 g/mol. The number of carbonyl (C=O) groups excluding carboxylic acids is 2. The van der Waals surface area contributed by atoms with Gasteiger partial charge in [0.1, 0.15) is 0 Å². The lowest BCUT2D eigenvalue weighted by Gasteiger charge is -2.10. The maximum atomic E-state index is 12.3. The van der Waals surface area contributed by atoms with E-state index in [9.17, 15) is 9.59 Å². The number of aromatic amines is 2. The number of anilines is 4. The Morgan fingerprint density at radius 3 is 1.31 bits per heavy atom. The number of amides is 4. The van der Waals surface area contributed by atoms with Crippen LogP contribution >= 0.6 is 0 Å². The molecule has 0 spiro atoms. The van der Waals surface area contributed by atoms with Gasteiger partial charge >= 0.3 is 12.1 Å². The summed E-state index contributed by atoms with van der Waals surface area (Å²) in [5.41, 5.74) is 4.62. The van der Waals surface area contributed by atoms with Crippen molar-refractivity contribution in [3.63, 3.8) is 0 Å². The molecule has 0 fully saturated rings. The van der Waals surface area contributed by atoms with Gasteiger partial charge in [0, 0.05) is 56.9 Å². The number of hydrogen-bond acceptors (Lipinski definition) is 2. The number of carbonyl (C=O) groups is 2. The lowest BCUT2D eigenvalue weighted by atomic mass is 10.2. The van der Waals surface area contributed by atoms with Gasteiger partial charge in [-0.25, -0.2) is 9.59 Å². The van der Waals surface area contributed by atoms with Crippen LogP contribution in [0, 0.1) is 0 Å². The molecule has 0 unspecified atom stereocenters. The minimum atomic E-state index is -0.349. The Morgan fingerprint density at radius 2 is 0.875 bits per heavy atom. The minimum absolute atomic E-state index is 0.349. The van der Waals surface area contributed by atoms with Gasteiger partial charge in [0.25, 0.3) is 0 Å². The van der Waals surface area contributed by atoms with Crippen molar-refractivity contribution < 1.29 is 9.59 Å². The van der Waals surface area contributed by atoms with E-state index >= 15 is 0 Å². The first-order valence-electron chi connectivity index (χ1n) is 10.0. The standard InChI is InChI=1S/C24H20N6O2/c31-23(29-19-5-7-21-15(13-19)9-11-25-21)27-17-1-2-18(4-3-17)28-24(32)30-20-6-8-22-16(14-20)10-12-26-22/h1-14,25-26H,(H2,27,29,31)(H2,28,30,32). The first kappa shape index (κ1) is 19.3. The molecule has 8 nitrogen and oxygen atoms in total. The molecule has 32 heavy (non-hydrogen) atoms. The average molecular weight is 424 g/mol. The predicted molar refractivity (Wildman–Crippen MR) is 128 cm³/mol. The molecule has 3 aromatic carbocycles. The maximum absolute atomic E-state index is 12.3. The highest BCUT2D eigenvalue weighted by molar-refractivity contribution is 6.02. The van der Waals surface area contributed by atoms with Crippen molar-refractivity contribution in [2.45, 2.75) is 0 Å². The van der Waals surface area contributed by atoms with Crippen LogP contribution in [0.25, 0.3) is 21.8 Å². The zero-order chi connectivity index (χ0) is 21.9. The molecule has 5 aromatic rings. The Bertz CT molecular complexity index is 1310. The Hall–Kier alpha value is -4.72. The number of fused-ring (bicyclic) bond motifs is 2. The molecule has 0 saturated heterocycles. The molecule has 5 rings (SSSR count). The fourth-order valence-corrected chi connectivity index (χ4v) is 3.49. The van der Waals surface area contributed by atoms with E-state index in [4.69, 9.17) is 0 Å². The summed E-state index contributed by atoms with van der Waals surface area (Å²) in [6.45, 7) is 0. The van der Waals surface area contributed by atoms with Crippen LogP contribution in [0.1, 0.15) is 0 Å². The zero-order valence-electron chi connectivity index (χ0n) is 16.9. The van der Waals surface area contributed by atoms with E-state index in [1.165, 1.54) is 0 Å². The largest absolute Gasteiger partial charge is 0.361 e. The van der Waals surface area contributed by atoms with Gasteiger partial charge in [0.05, 0.1) is 0 Å². The number of nitrogens with one attached hydrogen (secondary N) is 6. The third-order valence-corrected chi connectivity index (χ3v) is 5.02. The minimum Gasteiger partial charge on any atom is -0.361 e. The molecule has 0 bridgehead atoms. The smallest absolute Gasteiger partial charge is 0.323 e. The lowest BCUT2D eigenvalue weighted by molar-refractivity contribution is 0.261. The molecule has 2 aromatic heterocycles. The summed E-state index contributed by atoms with van der Waals surface area (Å²) in [4.78, 5) is 30.8. The SMILES string of the molecule is O=C(Nc1ccc(NC(=O)Nc2ccc3[nH]ccc3c2)cc1)Nc1ccc2[nH]ccc2c1. The summed E-state index contributed by atoms with van der Waals surface area (Å²) >= 11 is 0. The zero-order valence-corrected chi connectivity index (χ0v) is 16.9. The number of urea groups is 2. The van der Waals surface area contributed by atoms with Crippen LogP contribution in [-0.2, 0) is 0 Å². The van der Waals surface area contributed by atoms with Crippen molar-refractivity contribution in [2.24, 2.45) is 0 Å². The molecule has 0 saturated carbocycles. The van der Waals surface area contributed by atoms with Crippen molar-refractivity contribution in [1.82, 2.24) is 9.97 Å². The van der Waals surface area contributed by atoms with E-state index in [0.717, 1.165) is 21.8 Å². The second-order valence-corrected chi connectivity index (χ2v) is 7.29.